The zero-order chi connectivity index (χ0) is 24.4. The van der Waals surface area contributed by atoms with E-state index in [9.17, 15) is 18.0 Å². The Morgan fingerprint density at radius 3 is 2.24 bits per heavy atom. The van der Waals surface area contributed by atoms with Crippen LogP contribution in [0.5, 0.6) is 5.75 Å². The number of aliphatic hydroxyl groups is 1. The number of aliphatic hydroxyl groups excluding tert-OH is 1. The molecule has 0 saturated carbocycles. The summed E-state index contributed by atoms with van der Waals surface area (Å²) in [6.07, 6.45) is 1.24. The number of hydrogen-bond acceptors (Lipinski definition) is 6. The van der Waals surface area contributed by atoms with Crippen LogP contribution >= 0.6 is 0 Å². The second-order valence-electron chi connectivity index (χ2n) is 7.61. The summed E-state index contributed by atoms with van der Waals surface area (Å²) in [6, 6.07) is 15.4. The molecule has 0 fully saturated rings. The van der Waals surface area contributed by atoms with Crippen LogP contribution in [-0.4, -0.2) is 80.7 Å². The van der Waals surface area contributed by atoms with Gasteiger partial charge in [0.05, 0.1) is 26.5 Å². The standard InChI is InChI=1S/C23H31N3O6S/c1-25(33(3,30)31)17-22(28)26(16-19-9-11-20(32-2)12-10-19)21(23(29)24-13-14-27)15-18-7-5-4-6-8-18/h4-12,21,27H,13-17H2,1-3H3,(H,24,29)/t21-/m0/s1. The number of methoxy groups -OCH3 is 1. The molecule has 0 aliphatic heterocycles. The van der Waals surface area contributed by atoms with Gasteiger partial charge in [0.15, 0.2) is 0 Å². The first-order chi connectivity index (χ1) is 15.7. The van der Waals surface area contributed by atoms with Gasteiger partial charge in [-0.2, -0.15) is 4.31 Å². The maximum atomic E-state index is 13.3. The molecule has 180 valence electrons. The second-order valence-corrected chi connectivity index (χ2v) is 9.70. The smallest absolute Gasteiger partial charge is 0.243 e. The Hall–Kier alpha value is -2.95. The summed E-state index contributed by atoms with van der Waals surface area (Å²) in [7, 11) is -0.731. The number of sulfonamides is 1. The molecule has 0 radical (unpaired) electrons. The molecular weight excluding hydrogens is 446 g/mol. The number of hydrogen-bond donors (Lipinski definition) is 2. The Balaban J connectivity index is 2.42. The van der Waals surface area contributed by atoms with Crippen LogP contribution < -0.4 is 10.1 Å². The Morgan fingerprint density at radius 2 is 1.70 bits per heavy atom. The summed E-state index contributed by atoms with van der Waals surface area (Å²) in [5.41, 5.74) is 1.59. The highest BCUT2D eigenvalue weighted by molar-refractivity contribution is 7.88. The van der Waals surface area contributed by atoms with E-state index in [1.165, 1.54) is 11.9 Å². The van der Waals surface area contributed by atoms with Crippen LogP contribution in [0.15, 0.2) is 54.6 Å². The minimum atomic E-state index is -3.60. The largest absolute Gasteiger partial charge is 0.497 e. The lowest BCUT2D eigenvalue weighted by molar-refractivity contribution is -0.141. The number of nitrogens with zero attached hydrogens (tertiary/aromatic N) is 2. The first kappa shape index (κ1) is 26.3. The molecule has 0 aliphatic carbocycles. The summed E-state index contributed by atoms with van der Waals surface area (Å²) in [4.78, 5) is 27.7. The van der Waals surface area contributed by atoms with Crippen LogP contribution in [0.2, 0.25) is 0 Å². The normalized spacial score (nSPS) is 12.3. The van der Waals surface area contributed by atoms with E-state index in [2.05, 4.69) is 5.32 Å². The van der Waals surface area contributed by atoms with Gasteiger partial charge in [-0.25, -0.2) is 8.42 Å². The summed E-state index contributed by atoms with van der Waals surface area (Å²) in [5, 5.41) is 11.8. The number of likely N-dealkylation sites (N-methyl/N-ethyl adjacent to an activating group) is 1. The maximum Gasteiger partial charge on any atom is 0.243 e. The average molecular weight is 478 g/mol. The topological polar surface area (TPSA) is 116 Å². The predicted molar refractivity (Wildman–Crippen MR) is 125 cm³/mol. The Morgan fingerprint density at radius 1 is 1.06 bits per heavy atom. The summed E-state index contributed by atoms with van der Waals surface area (Å²) in [6.45, 7) is -0.525. The summed E-state index contributed by atoms with van der Waals surface area (Å²) < 4.78 is 29.9. The first-order valence-corrected chi connectivity index (χ1v) is 12.3. The van der Waals surface area contributed by atoms with E-state index >= 15 is 0 Å². The van der Waals surface area contributed by atoms with Gasteiger partial charge in [0.25, 0.3) is 0 Å². The average Bonchev–Trinajstić information content (AvgIpc) is 2.80. The minimum absolute atomic E-state index is 0.0396. The molecule has 10 heteroatoms. The van der Waals surface area contributed by atoms with Crippen LogP contribution in [0, 0.1) is 0 Å². The van der Waals surface area contributed by atoms with Crippen LogP contribution in [0.3, 0.4) is 0 Å². The van der Waals surface area contributed by atoms with E-state index in [4.69, 9.17) is 9.84 Å². The number of nitrogens with one attached hydrogen (secondary N) is 1. The van der Waals surface area contributed by atoms with Gasteiger partial charge in [0.2, 0.25) is 21.8 Å². The third-order valence-electron chi connectivity index (χ3n) is 5.12. The molecule has 0 unspecified atom stereocenters. The van der Waals surface area contributed by atoms with Crippen molar-refractivity contribution in [2.45, 2.75) is 19.0 Å². The van der Waals surface area contributed by atoms with Crippen molar-refractivity contribution in [2.24, 2.45) is 0 Å². The van der Waals surface area contributed by atoms with Crippen molar-refractivity contribution in [1.29, 1.82) is 0 Å². The van der Waals surface area contributed by atoms with E-state index in [-0.39, 0.29) is 26.1 Å². The molecule has 0 heterocycles. The molecule has 2 aromatic carbocycles. The van der Waals surface area contributed by atoms with Crippen molar-refractivity contribution in [3.05, 3.63) is 65.7 Å². The van der Waals surface area contributed by atoms with E-state index in [1.54, 1.807) is 31.4 Å². The molecule has 0 aromatic heterocycles. The molecule has 2 N–H and O–H groups in total. The van der Waals surface area contributed by atoms with Gasteiger partial charge in [0.1, 0.15) is 11.8 Å². The van der Waals surface area contributed by atoms with Gasteiger partial charge < -0.3 is 20.1 Å². The van der Waals surface area contributed by atoms with E-state index < -0.39 is 34.4 Å². The fraction of sp³-hybridized carbons (Fsp3) is 0.391. The Kier molecular flexibility index (Phi) is 9.83. The highest BCUT2D eigenvalue weighted by Gasteiger charge is 2.31. The van der Waals surface area contributed by atoms with Crippen molar-refractivity contribution < 1.29 is 27.9 Å². The van der Waals surface area contributed by atoms with Crippen molar-refractivity contribution in [3.8, 4) is 5.75 Å². The number of rotatable bonds is 12. The van der Waals surface area contributed by atoms with Crippen molar-refractivity contribution in [2.75, 3.05) is 40.1 Å². The SMILES string of the molecule is COc1ccc(CN(C(=O)CN(C)S(C)(=O)=O)[C@@H](Cc2ccccc2)C(=O)NCCO)cc1. The fourth-order valence-corrected chi connectivity index (χ4v) is 3.52. The van der Waals surface area contributed by atoms with Crippen LogP contribution in [0.25, 0.3) is 0 Å². The van der Waals surface area contributed by atoms with Gasteiger partial charge in [0, 0.05) is 26.6 Å². The molecule has 0 bridgehead atoms. The van der Waals surface area contributed by atoms with Gasteiger partial charge in [-0.1, -0.05) is 42.5 Å². The van der Waals surface area contributed by atoms with Crippen LogP contribution in [0.4, 0.5) is 0 Å². The Labute approximate surface area is 195 Å². The van der Waals surface area contributed by atoms with Crippen LogP contribution in [-0.2, 0) is 32.6 Å². The molecule has 33 heavy (non-hydrogen) atoms. The highest BCUT2D eigenvalue weighted by atomic mass is 32.2. The number of ether oxygens (including phenoxy) is 1. The number of benzene rings is 2. The number of carbonyl (C=O) groups excluding carboxylic acids is 2. The second kappa shape index (κ2) is 12.3. The number of carbonyl (C=O) groups is 2. The van der Waals surface area contributed by atoms with E-state index in [1.807, 2.05) is 30.3 Å². The van der Waals surface area contributed by atoms with Gasteiger partial charge in [-0.15, -0.1) is 0 Å². The lowest BCUT2D eigenvalue weighted by atomic mass is 10.0. The molecular formula is C23H31N3O6S. The number of amides is 2. The molecule has 2 rings (SSSR count). The molecule has 9 nitrogen and oxygen atoms in total. The van der Waals surface area contributed by atoms with Crippen molar-refractivity contribution >= 4 is 21.8 Å². The van der Waals surface area contributed by atoms with E-state index in [0.29, 0.717) is 5.75 Å². The molecule has 0 spiro atoms. The van der Waals surface area contributed by atoms with Crippen LogP contribution in [0.1, 0.15) is 11.1 Å². The van der Waals surface area contributed by atoms with Crippen molar-refractivity contribution in [1.82, 2.24) is 14.5 Å². The summed E-state index contributed by atoms with van der Waals surface area (Å²) >= 11 is 0. The third kappa shape index (κ3) is 8.16. The molecule has 2 amide bonds. The quantitative estimate of drug-likeness (QED) is 0.463. The van der Waals surface area contributed by atoms with E-state index in [0.717, 1.165) is 21.7 Å². The van der Waals surface area contributed by atoms with Gasteiger partial charge in [-0.3, -0.25) is 9.59 Å². The molecule has 0 aliphatic rings. The molecule has 0 saturated heterocycles. The van der Waals surface area contributed by atoms with Crippen molar-refractivity contribution in [3.63, 3.8) is 0 Å². The highest BCUT2D eigenvalue weighted by Crippen LogP contribution is 2.18. The lowest BCUT2D eigenvalue weighted by Gasteiger charge is -2.32. The zero-order valence-corrected chi connectivity index (χ0v) is 19.9. The monoisotopic (exact) mass is 477 g/mol. The Bertz CT molecular complexity index is 1010. The predicted octanol–water partition coefficient (Wildman–Crippen LogP) is 0.635. The first-order valence-electron chi connectivity index (χ1n) is 10.4. The van der Waals surface area contributed by atoms with Gasteiger partial charge >= 0.3 is 0 Å². The molecule has 1 atom stereocenters. The maximum absolute atomic E-state index is 13.3. The molecule has 2 aromatic rings. The summed E-state index contributed by atoms with van der Waals surface area (Å²) in [5.74, 6) is -0.300. The fourth-order valence-electron chi connectivity index (χ4n) is 3.18. The minimum Gasteiger partial charge on any atom is -0.497 e. The lowest BCUT2D eigenvalue weighted by Crippen LogP contribution is -2.53. The zero-order valence-electron chi connectivity index (χ0n) is 19.1. The van der Waals surface area contributed by atoms with Gasteiger partial charge in [-0.05, 0) is 23.3 Å². The third-order valence-corrected chi connectivity index (χ3v) is 6.38.